The van der Waals surface area contributed by atoms with Crippen LogP contribution >= 0.6 is 0 Å². The van der Waals surface area contributed by atoms with Gasteiger partial charge in [0.15, 0.2) is 0 Å². The normalized spacial score (nSPS) is 23.7. The van der Waals surface area contributed by atoms with Crippen molar-refractivity contribution in [3.8, 4) is 0 Å². The summed E-state index contributed by atoms with van der Waals surface area (Å²) in [5.41, 5.74) is -0.0251. The number of carbonyl (C=O) groups is 2. The highest BCUT2D eigenvalue weighted by Gasteiger charge is 2.48. The van der Waals surface area contributed by atoms with Crippen LogP contribution in [0.5, 0.6) is 0 Å². The van der Waals surface area contributed by atoms with Crippen molar-refractivity contribution in [1.82, 2.24) is 9.80 Å². The van der Waals surface area contributed by atoms with Crippen LogP contribution in [0, 0.1) is 17.3 Å². The zero-order valence-corrected chi connectivity index (χ0v) is 18.1. The van der Waals surface area contributed by atoms with Crippen LogP contribution in [0.2, 0.25) is 0 Å². The molecule has 0 N–H and O–H groups in total. The van der Waals surface area contributed by atoms with Gasteiger partial charge in [-0.05, 0) is 71.5 Å². The zero-order valence-electron chi connectivity index (χ0n) is 18.1. The van der Waals surface area contributed by atoms with Gasteiger partial charge in [0, 0.05) is 24.4 Å². The summed E-state index contributed by atoms with van der Waals surface area (Å²) in [4.78, 5) is 29.1. The maximum Gasteiger partial charge on any atom is 0.225 e. The second-order valence-electron chi connectivity index (χ2n) is 7.74. The van der Waals surface area contributed by atoms with Gasteiger partial charge in [0.05, 0.1) is 0 Å². The summed E-state index contributed by atoms with van der Waals surface area (Å²) in [5.74, 6) is 1.51. The number of nitrogens with zero attached hydrogens (tertiary/aromatic N) is 2. The average Bonchev–Trinajstić information content (AvgIpc) is 2.64. The molecule has 0 aromatic rings. The van der Waals surface area contributed by atoms with Gasteiger partial charge in [-0.15, -0.1) is 0 Å². The van der Waals surface area contributed by atoms with Crippen molar-refractivity contribution >= 4 is 11.7 Å². The smallest absolute Gasteiger partial charge is 0.225 e. The number of carbonyl (C=O) groups excluding carboxylic acids is 2. The molecule has 0 spiro atoms. The van der Waals surface area contributed by atoms with Gasteiger partial charge in [0.2, 0.25) is 5.91 Å². The van der Waals surface area contributed by atoms with Gasteiger partial charge in [-0.3, -0.25) is 9.59 Å². The Bertz CT molecular complexity index is 429. The van der Waals surface area contributed by atoms with Gasteiger partial charge in [0.1, 0.15) is 5.78 Å². The third kappa shape index (κ3) is 5.09. The Morgan fingerprint density at radius 1 is 0.846 bits per heavy atom. The molecule has 4 nitrogen and oxygen atoms in total. The fourth-order valence-corrected chi connectivity index (χ4v) is 4.77. The number of amides is 1. The predicted octanol–water partition coefficient (Wildman–Crippen LogP) is 4.38. The molecule has 4 heteroatoms. The minimum atomic E-state index is -0.0251. The second-order valence-corrected chi connectivity index (χ2v) is 7.74. The molecule has 3 fully saturated rings. The van der Waals surface area contributed by atoms with Crippen LogP contribution in [-0.4, -0.2) is 54.7 Å². The summed E-state index contributed by atoms with van der Waals surface area (Å²) >= 11 is 0. The van der Waals surface area contributed by atoms with E-state index in [0.29, 0.717) is 17.6 Å². The fourth-order valence-electron chi connectivity index (χ4n) is 4.77. The Balaban J connectivity index is 0.000000791. The monoisotopic (exact) mass is 366 g/mol. The Labute approximate surface area is 161 Å². The van der Waals surface area contributed by atoms with E-state index in [0.717, 1.165) is 64.7 Å². The molecule has 0 aromatic heterocycles. The Morgan fingerprint density at radius 3 is 1.73 bits per heavy atom. The molecular formula is C22H42N2O2. The maximum atomic E-state index is 12.7. The molecule has 0 atom stereocenters. The molecule has 2 heterocycles. The van der Waals surface area contributed by atoms with Gasteiger partial charge in [-0.1, -0.05) is 34.1 Å². The second kappa shape index (κ2) is 11.1. The minimum Gasteiger partial charge on any atom is -0.342 e. The highest BCUT2D eigenvalue weighted by molar-refractivity contribution is 5.83. The standard InChI is InChI=1S/C18H30N2O2.2C2H6/c1-14(21)18(8-3-9-18)16-6-12-20(13-7-16)17(22)15-4-10-19(2)11-5-15;2*1-2/h15-16H,3-13H2,1-2H3;2*1-2H3. The number of ketones is 1. The first-order chi connectivity index (χ1) is 12.5. The van der Waals surface area contributed by atoms with Crippen molar-refractivity contribution < 1.29 is 9.59 Å². The van der Waals surface area contributed by atoms with Crippen LogP contribution in [0.25, 0.3) is 0 Å². The molecule has 26 heavy (non-hydrogen) atoms. The average molecular weight is 367 g/mol. The first kappa shape index (κ1) is 23.1. The SMILES string of the molecule is CC.CC.CC(=O)C1(C2CCN(C(=O)C3CCN(C)CC3)CC2)CCC1. The lowest BCUT2D eigenvalue weighted by Gasteiger charge is -2.49. The van der Waals surface area contributed by atoms with E-state index in [1.807, 2.05) is 27.7 Å². The van der Waals surface area contributed by atoms with Crippen molar-refractivity contribution in [3.05, 3.63) is 0 Å². The molecule has 1 aliphatic carbocycles. The Morgan fingerprint density at radius 2 is 1.35 bits per heavy atom. The van der Waals surface area contributed by atoms with Gasteiger partial charge in [-0.2, -0.15) is 0 Å². The van der Waals surface area contributed by atoms with Crippen LogP contribution in [0.15, 0.2) is 0 Å². The largest absolute Gasteiger partial charge is 0.342 e. The molecule has 0 unspecified atom stereocenters. The number of likely N-dealkylation sites (tertiary alicyclic amines) is 2. The van der Waals surface area contributed by atoms with Crippen LogP contribution in [0.1, 0.15) is 79.6 Å². The lowest BCUT2D eigenvalue weighted by Crippen LogP contribution is -2.50. The Hall–Kier alpha value is -0.900. The number of hydrogen-bond acceptors (Lipinski definition) is 3. The van der Waals surface area contributed by atoms with Crippen LogP contribution in [0.4, 0.5) is 0 Å². The van der Waals surface area contributed by atoms with E-state index >= 15 is 0 Å². The highest BCUT2D eigenvalue weighted by Crippen LogP contribution is 2.51. The topological polar surface area (TPSA) is 40.6 Å². The molecule has 0 aromatic carbocycles. The van der Waals surface area contributed by atoms with Crippen molar-refractivity contribution in [1.29, 1.82) is 0 Å². The first-order valence-electron chi connectivity index (χ1n) is 11.0. The quantitative estimate of drug-likeness (QED) is 0.744. The molecule has 152 valence electrons. The van der Waals surface area contributed by atoms with Crippen molar-refractivity contribution in [3.63, 3.8) is 0 Å². The van der Waals surface area contributed by atoms with Gasteiger partial charge in [-0.25, -0.2) is 0 Å². The van der Waals surface area contributed by atoms with Crippen LogP contribution in [0.3, 0.4) is 0 Å². The zero-order chi connectivity index (χ0) is 19.7. The first-order valence-corrected chi connectivity index (χ1v) is 11.0. The number of rotatable bonds is 3. The molecule has 0 bridgehead atoms. The lowest BCUT2D eigenvalue weighted by atomic mass is 9.57. The lowest BCUT2D eigenvalue weighted by molar-refractivity contribution is -0.143. The van der Waals surface area contributed by atoms with Gasteiger partial charge < -0.3 is 9.80 Å². The van der Waals surface area contributed by atoms with E-state index in [-0.39, 0.29) is 11.3 Å². The summed E-state index contributed by atoms with van der Waals surface area (Å²) in [5, 5.41) is 0. The third-order valence-corrected chi connectivity index (χ3v) is 6.60. The molecule has 3 rings (SSSR count). The van der Waals surface area contributed by atoms with E-state index in [9.17, 15) is 9.59 Å². The molecule has 1 saturated carbocycles. The van der Waals surface area contributed by atoms with E-state index in [1.165, 1.54) is 6.42 Å². The van der Waals surface area contributed by atoms with Crippen LogP contribution in [-0.2, 0) is 9.59 Å². The number of Topliss-reactive ketones (excluding diaryl/α,β-unsaturated/α-hetero) is 1. The van der Waals surface area contributed by atoms with Crippen molar-refractivity contribution in [2.24, 2.45) is 17.3 Å². The highest BCUT2D eigenvalue weighted by atomic mass is 16.2. The maximum absolute atomic E-state index is 12.7. The summed E-state index contributed by atoms with van der Waals surface area (Å²) < 4.78 is 0. The van der Waals surface area contributed by atoms with E-state index in [4.69, 9.17) is 0 Å². The molecule has 3 aliphatic rings. The van der Waals surface area contributed by atoms with Crippen molar-refractivity contribution in [2.75, 3.05) is 33.2 Å². The summed E-state index contributed by atoms with van der Waals surface area (Å²) in [6.45, 7) is 13.6. The number of hydrogen-bond donors (Lipinski definition) is 0. The summed E-state index contributed by atoms with van der Waals surface area (Å²) in [7, 11) is 2.13. The van der Waals surface area contributed by atoms with Crippen molar-refractivity contribution in [2.45, 2.75) is 79.6 Å². The summed E-state index contributed by atoms with van der Waals surface area (Å²) in [6, 6.07) is 0. The minimum absolute atomic E-state index is 0.0251. The van der Waals surface area contributed by atoms with Gasteiger partial charge in [0.25, 0.3) is 0 Å². The third-order valence-electron chi connectivity index (χ3n) is 6.60. The molecule has 1 amide bonds. The van der Waals surface area contributed by atoms with Gasteiger partial charge >= 0.3 is 0 Å². The predicted molar refractivity (Wildman–Crippen MR) is 109 cm³/mol. The number of piperidine rings is 2. The molecule has 2 saturated heterocycles. The molecule has 0 radical (unpaired) electrons. The van der Waals surface area contributed by atoms with E-state index in [2.05, 4.69) is 16.8 Å². The molecule has 2 aliphatic heterocycles. The Kier molecular flexibility index (Phi) is 9.84. The molecular weight excluding hydrogens is 324 g/mol. The summed E-state index contributed by atoms with van der Waals surface area (Å²) in [6.07, 6.45) is 7.43. The van der Waals surface area contributed by atoms with E-state index < -0.39 is 0 Å². The van der Waals surface area contributed by atoms with Crippen LogP contribution < -0.4 is 0 Å². The fraction of sp³-hybridized carbons (Fsp3) is 0.909. The van der Waals surface area contributed by atoms with E-state index in [1.54, 1.807) is 6.92 Å².